The van der Waals surface area contributed by atoms with E-state index in [4.69, 9.17) is 13.9 Å². The molecule has 0 bridgehead atoms. The minimum absolute atomic E-state index is 0.603. The second-order valence-corrected chi connectivity index (χ2v) is 4.55. The lowest BCUT2D eigenvalue weighted by atomic mass is 10.4. The van der Waals surface area contributed by atoms with Crippen LogP contribution in [0.5, 0.6) is 5.75 Å². The Hall–Kier alpha value is -1.37. The summed E-state index contributed by atoms with van der Waals surface area (Å²) in [6.07, 6.45) is 1.73. The van der Waals surface area contributed by atoms with Crippen LogP contribution in [0.2, 0.25) is 0 Å². The fourth-order valence-corrected chi connectivity index (χ4v) is 2.23. The number of aromatic nitrogens is 1. The van der Waals surface area contributed by atoms with Crippen LogP contribution >= 0.6 is 11.3 Å². The van der Waals surface area contributed by atoms with Crippen LogP contribution in [0.3, 0.4) is 0 Å². The van der Waals surface area contributed by atoms with E-state index in [1.165, 1.54) is 0 Å². The Labute approximate surface area is 110 Å². The number of hydrogen-bond acceptors (Lipinski definition) is 6. The lowest BCUT2D eigenvalue weighted by Crippen LogP contribution is -2.18. The summed E-state index contributed by atoms with van der Waals surface area (Å²) in [5.74, 6) is 2.28. The lowest BCUT2D eigenvalue weighted by Gasteiger charge is -1.99. The number of hydrogen-bond donors (Lipinski definition) is 1. The molecular weight excluding hydrogens is 252 g/mol. The maximum Gasteiger partial charge on any atom is 0.208 e. The Balaban J connectivity index is 1.93. The third-order valence-electron chi connectivity index (χ3n) is 2.37. The van der Waals surface area contributed by atoms with E-state index in [1.54, 1.807) is 31.8 Å². The molecule has 2 rings (SSSR count). The quantitative estimate of drug-likeness (QED) is 0.780. The Morgan fingerprint density at radius 2 is 2.33 bits per heavy atom. The average molecular weight is 268 g/mol. The van der Waals surface area contributed by atoms with Gasteiger partial charge in [0.1, 0.15) is 5.75 Å². The van der Waals surface area contributed by atoms with Gasteiger partial charge < -0.3 is 19.2 Å². The Kier molecular flexibility index (Phi) is 4.74. The largest absolute Gasteiger partial charge is 0.496 e. The van der Waals surface area contributed by atoms with Crippen LogP contribution in [-0.2, 0) is 11.3 Å². The third kappa shape index (κ3) is 3.32. The summed E-state index contributed by atoms with van der Waals surface area (Å²) in [7, 11) is 3.33. The van der Waals surface area contributed by atoms with Gasteiger partial charge in [-0.05, 0) is 0 Å². The van der Waals surface area contributed by atoms with Crippen molar-refractivity contribution in [3.8, 4) is 16.4 Å². The number of thiophene rings is 1. The number of oxazole rings is 1. The van der Waals surface area contributed by atoms with Crippen molar-refractivity contribution >= 4 is 11.3 Å². The Morgan fingerprint density at radius 3 is 3.06 bits per heavy atom. The topological polar surface area (TPSA) is 56.5 Å². The molecule has 0 unspecified atom stereocenters. The summed E-state index contributed by atoms with van der Waals surface area (Å²) in [6, 6.07) is 1.94. The van der Waals surface area contributed by atoms with Gasteiger partial charge in [0.25, 0.3) is 0 Å². The first-order valence-corrected chi connectivity index (χ1v) is 6.48. The molecule has 0 amide bonds. The van der Waals surface area contributed by atoms with Crippen molar-refractivity contribution < 1.29 is 13.9 Å². The molecule has 0 spiro atoms. The van der Waals surface area contributed by atoms with Gasteiger partial charge in [0, 0.05) is 25.1 Å². The molecule has 2 aromatic heterocycles. The summed E-state index contributed by atoms with van der Waals surface area (Å²) < 4.78 is 15.7. The third-order valence-corrected chi connectivity index (χ3v) is 3.29. The number of nitrogens with one attached hydrogen (secondary N) is 1. The monoisotopic (exact) mass is 268 g/mol. The van der Waals surface area contributed by atoms with Gasteiger partial charge in [-0.25, -0.2) is 4.98 Å². The molecule has 0 fully saturated rings. The van der Waals surface area contributed by atoms with Gasteiger partial charge in [-0.2, -0.15) is 0 Å². The van der Waals surface area contributed by atoms with Gasteiger partial charge in [0.2, 0.25) is 5.89 Å². The number of nitrogens with zero attached hydrogens (tertiary/aromatic N) is 1. The highest BCUT2D eigenvalue weighted by Gasteiger charge is 2.09. The molecule has 0 aromatic carbocycles. The van der Waals surface area contributed by atoms with Crippen molar-refractivity contribution in [2.75, 3.05) is 27.4 Å². The summed E-state index contributed by atoms with van der Waals surface area (Å²) in [4.78, 5) is 5.24. The Morgan fingerprint density at radius 1 is 1.44 bits per heavy atom. The van der Waals surface area contributed by atoms with E-state index in [0.29, 0.717) is 19.0 Å². The molecule has 0 saturated heterocycles. The molecular formula is C12H16N2O3S. The molecule has 1 N–H and O–H groups in total. The number of rotatable bonds is 7. The van der Waals surface area contributed by atoms with Crippen LogP contribution in [0.1, 0.15) is 5.89 Å². The van der Waals surface area contributed by atoms with Gasteiger partial charge in [-0.3, -0.25) is 0 Å². The first kappa shape index (κ1) is 13.1. The van der Waals surface area contributed by atoms with Gasteiger partial charge >= 0.3 is 0 Å². The predicted octanol–water partition coefficient (Wildman–Crippen LogP) is 2.15. The van der Waals surface area contributed by atoms with E-state index in [1.807, 2.05) is 11.4 Å². The van der Waals surface area contributed by atoms with Crippen LogP contribution < -0.4 is 10.1 Å². The molecule has 18 heavy (non-hydrogen) atoms. The van der Waals surface area contributed by atoms with E-state index in [-0.39, 0.29) is 0 Å². The lowest BCUT2D eigenvalue weighted by molar-refractivity contribution is 0.198. The van der Waals surface area contributed by atoms with Crippen LogP contribution in [0.15, 0.2) is 22.1 Å². The zero-order valence-electron chi connectivity index (χ0n) is 10.4. The number of ether oxygens (including phenoxy) is 2. The predicted molar refractivity (Wildman–Crippen MR) is 70.0 cm³/mol. The molecule has 6 heteroatoms. The summed E-state index contributed by atoms with van der Waals surface area (Å²) in [5, 5.41) is 5.12. The Bertz CT molecular complexity index is 481. The SMILES string of the molecule is COCCNCc1ncc(-c2cc(OC)cs2)o1. The second kappa shape index (κ2) is 6.53. The molecule has 0 atom stereocenters. The van der Waals surface area contributed by atoms with Crippen molar-refractivity contribution in [1.82, 2.24) is 10.3 Å². The van der Waals surface area contributed by atoms with Crippen molar-refractivity contribution in [2.24, 2.45) is 0 Å². The number of methoxy groups -OCH3 is 2. The zero-order valence-corrected chi connectivity index (χ0v) is 11.3. The molecule has 0 radical (unpaired) electrons. The highest BCUT2D eigenvalue weighted by atomic mass is 32.1. The molecule has 5 nitrogen and oxygen atoms in total. The fraction of sp³-hybridized carbons (Fsp3) is 0.417. The zero-order chi connectivity index (χ0) is 12.8. The molecule has 0 aliphatic rings. The molecule has 0 aliphatic carbocycles. The van der Waals surface area contributed by atoms with E-state index in [2.05, 4.69) is 10.3 Å². The summed E-state index contributed by atoms with van der Waals surface area (Å²) >= 11 is 1.57. The standard InChI is InChI=1S/C12H16N2O3S/c1-15-4-3-13-7-12-14-6-10(17-12)11-5-9(16-2)8-18-11/h5-6,8,13H,3-4,7H2,1-2H3. The van der Waals surface area contributed by atoms with E-state index < -0.39 is 0 Å². The molecule has 0 saturated carbocycles. The maximum absolute atomic E-state index is 5.65. The van der Waals surface area contributed by atoms with Crippen LogP contribution in [-0.4, -0.2) is 32.4 Å². The molecule has 98 valence electrons. The van der Waals surface area contributed by atoms with Crippen molar-refractivity contribution in [3.05, 3.63) is 23.5 Å². The van der Waals surface area contributed by atoms with Crippen molar-refractivity contribution in [1.29, 1.82) is 0 Å². The summed E-state index contributed by atoms with van der Waals surface area (Å²) in [5.41, 5.74) is 0. The smallest absolute Gasteiger partial charge is 0.208 e. The van der Waals surface area contributed by atoms with Crippen molar-refractivity contribution in [2.45, 2.75) is 6.54 Å². The van der Waals surface area contributed by atoms with Gasteiger partial charge in [0.15, 0.2) is 5.76 Å². The van der Waals surface area contributed by atoms with Crippen LogP contribution in [0.4, 0.5) is 0 Å². The normalized spacial score (nSPS) is 10.8. The summed E-state index contributed by atoms with van der Waals surface area (Å²) in [6.45, 7) is 2.06. The van der Waals surface area contributed by atoms with Gasteiger partial charge in [0.05, 0.1) is 31.3 Å². The highest BCUT2D eigenvalue weighted by Crippen LogP contribution is 2.31. The van der Waals surface area contributed by atoms with E-state index in [9.17, 15) is 0 Å². The maximum atomic E-state index is 5.65. The average Bonchev–Trinajstić information content (AvgIpc) is 3.03. The van der Waals surface area contributed by atoms with E-state index in [0.717, 1.165) is 22.9 Å². The fourth-order valence-electron chi connectivity index (χ4n) is 1.43. The minimum Gasteiger partial charge on any atom is -0.496 e. The first-order chi connectivity index (χ1) is 8.83. The molecule has 0 aliphatic heterocycles. The van der Waals surface area contributed by atoms with Crippen LogP contribution in [0.25, 0.3) is 10.6 Å². The molecule has 2 aromatic rings. The highest BCUT2D eigenvalue weighted by molar-refractivity contribution is 7.13. The van der Waals surface area contributed by atoms with E-state index >= 15 is 0 Å². The van der Waals surface area contributed by atoms with Crippen LogP contribution in [0, 0.1) is 0 Å². The minimum atomic E-state index is 0.603. The van der Waals surface area contributed by atoms with Gasteiger partial charge in [-0.1, -0.05) is 0 Å². The molecule has 2 heterocycles. The first-order valence-electron chi connectivity index (χ1n) is 5.60. The van der Waals surface area contributed by atoms with Crippen molar-refractivity contribution in [3.63, 3.8) is 0 Å². The van der Waals surface area contributed by atoms with Gasteiger partial charge in [-0.15, -0.1) is 11.3 Å². The second-order valence-electron chi connectivity index (χ2n) is 3.64.